The predicted molar refractivity (Wildman–Crippen MR) is 99.9 cm³/mol. The number of hydrogen-bond acceptors (Lipinski definition) is 6. The van der Waals surface area contributed by atoms with E-state index in [2.05, 4.69) is 22.4 Å². The summed E-state index contributed by atoms with van der Waals surface area (Å²) in [5, 5.41) is 14.1. The number of carbonyl (C=O) groups is 1. The van der Waals surface area contributed by atoms with Gasteiger partial charge in [0.1, 0.15) is 5.75 Å². The lowest BCUT2D eigenvalue weighted by Gasteiger charge is -2.10. The average Bonchev–Trinajstić information content (AvgIpc) is 3.06. The number of hydrogen-bond donors (Lipinski definition) is 4. The number of carboxylic acids is 1. The molecule has 3 aromatic rings. The molecule has 0 fully saturated rings. The van der Waals surface area contributed by atoms with Crippen molar-refractivity contribution in [2.75, 3.05) is 0 Å². The van der Waals surface area contributed by atoms with Crippen LogP contribution >= 0.6 is 0 Å². The molecule has 8 heteroatoms. The Labute approximate surface area is 155 Å². The normalized spacial score (nSPS) is 11.3. The van der Waals surface area contributed by atoms with E-state index >= 15 is 0 Å². The van der Waals surface area contributed by atoms with E-state index in [1.807, 2.05) is 31.3 Å². The number of ether oxygens (including phenoxy) is 1. The monoisotopic (exact) mass is 363 g/mol. The van der Waals surface area contributed by atoms with Crippen LogP contribution in [0.5, 0.6) is 5.75 Å². The number of carboxylic acid groups (broad SMARTS) is 1. The first-order valence-corrected chi connectivity index (χ1v) is 7.90. The van der Waals surface area contributed by atoms with Crippen LogP contribution in [0.3, 0.4) is 0 Å². The fourth-order valence-corrected chi connectivity index (χ4v) is 2.44. The lowest BCUT2D eigenvalue weighted by Crippen LogP contribution is -2.31. The van der Waals surface area contributed by atoms with E-state index in [1.165, 1.54) is 0 Å². The first kappa shape index (κ1) is 17.8. The van der Waals surface area contributed by atoms with E-state index in [0.717, 1.165) is 16.5 Å². The van der Waals surface area contributed by atoms with Gasteiger partial charge < -0.3 is 15.6 Å². The second kappa shape index (κ2) is 7.51. The first-order valence-electron chi connectivity index (χ1n) is 7.90. The maximum absolute atomic E-state index is 10.9. The highest BCUT2D eigenvalue weighted by molar-refractivity contribution is 5.86. The second-order valence-corrected chi connectivity index (χ2v) is 5.58. The summed E-state index contributed by atoms with van der Waals surface area (Å²) in [7, 11) is 1.87. The van der Waals surface area contributed by atoms with Crippen molar-refractivity contribution >= 4 is 16.9 Å². The van der Waals surface area contributed by atoms with Crippen molar-refractivity contribution in [2.24, 2.45) is 18.6 Å². The Morgan fingerprint density at radius 1 is 1.26 bits per heavy atom. The van der Waals surface area contributed by atoms with E-state index in [9.17, 15) is 4.79 Å². The largest absolute Gasteiger partial charge is 0.476 e. The van der Waals surface area contributed by atoms with Gasteiger partial charge in [-0.2, -0.15) is 5.10 Å². The summed E-state index contributed by atoms with van der Waals surface area (Å²) in [6, 6.07) is 12.7. The van der Waals surface area contributed by atoms with Crippen molar-refractivity contribution in [1.82, 2.24) is 15.2 Å². The molecule has 0 aliphatic carbocycles. The highest BCUT2D eigenvalue weighted by Gasteiger charge is 2.12. The van der Waals surface area contributed by atoms with E-state index in [1.54, 1.807) is 29.1 Å². The zero-order valence-electron chi connectivity index (χ0n) is 14.4. The van der Waals surface area contributed by atoms with Crippen LogP contribution in [0.25, 0.3) is 10.9 Å². The molecule has 27 heavy (non-hydrogen) atoms. The van der Waals surface area contributed by atoms with Crippen molar-refractivity contribution in [1.29, 1.82) is 0 Å². The third kappa shape index (κ3) is 3.84. The fourth-order valence-electron chi connectivity index (χ4n) is 2.44. The number of aliphatic carboxylic acids is 1. The van der Waals surface area contributed by atoms with Gasteiger partial charge in [-0.05, 0) is 30.3 Å². The number of nitrogens with two attached hydrogens (primary N) is 2. The highest BCUT2D eigenvalue weighted by Crippen LogP contribution is 2.18. The number of aryl methyl sites for hydroxylation is 1. The smallest absolute Gasteiger partial charge is 0.357 e. The summed E-state index contributed by atoms with van der Waals surface area (Å²) in [5.74, 6) is 10.2. The number of nitrogens with one attached hydrogen (secondary N) is 1. The molecule has 136 valence electrons. The first-order chi connectivity index (χ1) is 13.0. The van der Waals surface area contributed by atoms with Crippen molar-refractivity contribution in [3.8, 4) is 17.6 Å². The molecule has 0 aliphatic heterocycles. The van der Waals surface area contributed by atoms with Gasteiger partial charge >= 0.3 is 5.97 Å². The highest BCUT2D eigenvalue weighted by atomic mass is 16.5. The maximum atomic E-state index is 10.9. The molecule has 1 heterocycles. The molecule has 0 unspecified atom stereocenters. The van der Waals surface area contributed by atoms with E-state index in [-0.39, 0.29) is 5.88 Å². The molecule has 6 N–H and O–H groups in total. The van der Waals surface area contributed by atoms with Crippen LogP contribution in [-0.2, 0) is 11.8 Å². The van der Waals surface area contributed by atoms with Crippen LogP contribution in [0.4, 0.5) is 0 Å². The summed E-state index contributed by atoms with van der Waals surface area (Å²) in [6.07, 6.45) is 1.78. The second-order valence-electron chi connectivity index (χ2n) is 5.58. The number of aromatic nitrogens is 2. The molecule has 0 atom stereocenters. The van der Waals surface area contributed by atoms with Crippen molar-refractivity contribution in [3.63, 3.8) is 0 Å². The Kier molecular flexibility index (Phi) is 4.97. The molecule has 8 nitrogen and oxygen atoms in total. The van der Waals surface area contributed by atoms with Crippen LogP contribution in [-0.4, -0.2) is 20.9 Å². The number of hydrazine groups is 1. The van der Waals surface area contributed by atoms with Gasteiger partial charge in [-0.15, -0.1) is 0 Å². The Balaban J connectivity index is 1.90. The van der Waals surface area contributed by atoms with Crippen LogP contribution in [0, 0.1) is 11.8 Å². The Hall–Kier alpha value is -3.96. The zero-order valence-corrected chi connectivity index (χ0v) is 14.4. The Morgan fingerprint density at radius 2 is 2.04 bits per heavy atom. The van der Waals surface area contributed by atoms with Gasteiger partial charge in [-0.3, -0.25) is 10.1 Å². The minimum Gasteiger partial charge on any atom is -0.476 e. The molecular weight excluding hydrogens is 346 g/mol. The van der Waals surface area contributed by atoms with E-state index in [0.29, 0.717) is 11.3 Å². The van der Waals surface area contributed by atoms with E-state index < -0.39 is 11.7 Å². The number of fused-ring (bicyclic) bond motifs is 1. The van der Waals surface area contributed by atoms with Gasteiger partial charge in [0, 0.05) is 23.6 Å². The van der Waals surface area contributed by atoms with Gasteiger partial charge in [0.25, 0.3) is 0 Å². The molecule has 1 aromatic heterocycles. The summed E-state index contributed by atoms with van der Waals surface area (Å²) in [4.78, 5) is 10.9. The van der Waals surface area contributed by atoms with Crippen molar-refractivity contribution in [2.45, 2.75) is 0 Å². The average molecular weight is 363 g/mol. The lowest BCUT2D eigenvalue weighted by atomic mass is 10.1. The van der Waals surface area contributed by atoms with Crippen LogP contribution in [0.15, 0.2) is 60.2 Å². The quantitative estimate of drug-likeness (QED) is 0.179. The molecule has 0 saturated heterocycles. The summed E-state index contributed by atoms with van der Waals surface area (Å²) in [6.45, 7) is 0. The minimum absolute atomic E-state index is 0.257. The molecule has 0 amide bonds. The van der Waals surface area contributed by atoms with E-state index in [4.69, 9.17) is 21.4 Å². The molecule has 0 bridgehead atoms. The van der Waals surface area contributed by atoms with Gasteiger partial charge in [0.2, 0.25) is 5.88 Å². The SMILES string of the molecule is Cn1ncc2c(C#Cc3cccc(O/C(NN)=C(/N)C(=O)O)c3)cccc21. The maximum Gasteiger partial charge on any atom is 0.357 e. The Bertz CT molecular complexity index is 1110. The van der Waals surface area contributed by atoms with Crippen LogP contribution in [0.1, 0.15) is 11.1 Å². The van der Waals surface area contributed by atoms with Crippen LogP contribution in [0.2, 0.25) is 0 Å². The topological polar surface area (TPSA) is 128 Å². The predicted octanol–water partition coefficient (Wildman–Crippen LogP) is 1.03. The molecule has 0 radical (unpaired) electrons. The van der Waals surface area contributed by atoms with Gasteiger partial charge in [0.15, 0.2) is 5.70 Å². The lowest BCUT2D eigenvalue weighted by molar-refractivity contribution is -0.132. The summed E-state index contributed by atoms with van der Waals surface area (Å²) < 4.78 is 7.20. The fraction of sp³-hybridized carbons (Fsp3) is 0.0526. The third-order valence-electron chi connectivity index (χ3n) is 3.79. The van der Waals surface area contributed by atoms with Gasteiger partial charge in [-0.1, -0.05) is 24.0 Å². The standard InChI is InChI=1S/C19H17N5O3/c1-24-16-7-3-5-13(15(16)11-22-24)9-8-12-4-2-6-14(10-12)27-18(23-21)17(20)19(25)26/h2-7,10-11,23H,20-21H2,1H3,(H,25,26)/b18-17+. The molecule has 2 aromatic carbocycles. The molecule has 0 spiro atoms. The minimum atomic E-state index is -1.34. The van der Waals surface area contributed by atoms with Crippen molar-refractivity contribution < 1.29 is 14.6 Å². The zero-order chi connectivity index (χ0) is 19.4. The number of nitrogens with zero attached hydrogens (tertiary/aromatic N) is 2. The number of rotatable bonds is 4. The summed E-state index contributed by atoms with van der Waals surface area (Å²) in [5.41, 5.74) is 9.56. The van der Waals surface area contributed by atoms with Gasteiger partial charge in [-0.25, -0.2) is 10.6 Å². The molecule has 0 saturated carbocycles. The molecule has 0 aliphatic rings. The molecule has 3 rings (SSSR count). The molecular formula is C19H17N5O3. The third-order valence-corrected chi connectivity index (χ3v) is 3.79. The summed E-state index contributed by atoms with van der Waals surface area (Å²) >= 11 is 0. The number of benzene rings is 2. The van der Waals surface area contributed by atoms with Gasteiger partial charge in [0.05, 0.1) is 11.7 Å². The Morgan fingerprint density at radius 3 is 2.78 bits per heavy atom. The van der Waals surface area contributed by atoms with Crippen molar-refractivity contribution in [3.05, 3.63) is 71.4 Å². The van der Waals surface area contributed by atoms with Crippen LogP contribution < -0.4 is 21.7 Å².